The number of hydrogen-bond acceptors (Lipinski definition) is 6. The van der Waals surface area contributed by atoms with Crippen molar-refractivity contribution in [3.05, 3.63) is 11.7 Å². The highest BCUT2D eigenvalue weighted by Gasteiger charge is 2.12. The van der Waals surface area contributed by atoms with E-state index in [2.05, 4.69) is 10.1 Å². The third kappa shape index (κ3) is 3.06. The van der Waals surface area contributed by atoms with Gasteiger partial charge in [0.05, 0.1) is 6.61 Å². The zero-order valence-corrected chi connectivity index (χ0v) is 8.14. The molecule has 0 aliphatic rings. The highest BCUT2D eigenvalue weighted by Crippen LogP contribution is 2.07. The van der Waals surface area contributed by atoms with E-state index in [1.54, 1.807) is 7.11 Å². The molecule has 0 spiro atoms. The zero-order chi connectivity index (χ0) is 10.4. The maximum atomic E-state index is 8.74. The Morgan fingerprint density at radius 2 is 2.43 bits per heavy atom. The Bertz CT molecular complexity index is 264. The maximum Gasteiger partial charge on any atom is 0.245 e. The lowest BCUT2D eigenvalue weighted by atomic mass is 10.3. The third-order valence-corrected chi connectivity index (χ3v) is 1.75. The monoisotopic (exact) mass is 201 g/mol. The van der Waals surface area contributed by atoms with Crippen molar-refractivity contribution >= 4 is 0 Å². The van der Waals surface area contributed by atoms with Gasteiger partial charge in [0.2, 0.25) is 5.89 Å². The van der Waals surface area contributed by atoms with Crippen molar-refractivity contribution in [2.45, 2.75) is 18.9 Å². The lowest BCUT2D eigenvalue weighted by Crippen LogP contribution is -2.14. The molecule has 0 saturated heterocycles. The largest absolute Gasteiger partial charge is 0.394 e. The van der Waals surface area contributed by atoms with Gasteiger partial charge in [-0.3, -0.25) is 0 Å². The molecule has 6 heteroatoms. The molecule has 1 rings (SSSR count). The molecule has 1 aromatic rings. The van der Waals surface area contributed by atoms with Crippen LogP contribution in [-0.2, 0) is 11.2 Å². The van der Waals surface area contributed by atoms with Crippen LogP contribution in [0.25, 0.3) is 0 Å². The summed E-state index contributed by atoms with van der Waals surface area (Å²) >= 11 is 0. The fraction of sp³-hybridized carbons (Fsp3) is 0.750. The molecule has 0 aromatic carbocycles. The summed E-state index contributed by atoms with van der Waals surface area (Å²) < 4.78 is 9.75. The fourth-order valence-electron chi connectivity index (χ4n) is 0.972. The zero-order valence-electron chi connectivity index (χ0n) is 8.14. The van der Waals surface area contributed by atoms with Crippen molar-refractivity contribution in [2.75, 3.05) is 20.3 Å². The summed E-state index contributed by atoms with van der Waals surface area (Å²) in [4.78, 5) is 4.03. The Hall–Kier alpha value is -0.980. The lowest BCUT2D eigenvalue weighted by molar-refractivity contribution is 0.194. The number of aliphatic hydroxyl groups is 1. The first kappa shape index (κ1) is 11.1. The van der Waals surface area contributed by atoms with E-state index < -0.39 is 6.04 Å². The van der Waals surface area contributed by atoms with Gasteiger partial charge in [0.25, 0.3) is 0 Å². The Kier molecular flexibility index (Phi) is 4.51. The highest BCUT2D eigenvalue weighted by molar-refractivity contribution is 4.91. The average molecular weight is 201 g/mol. The number of rotatable bonds is 6. The minimum atomic E-state index is -0.585. The molecular formula is C8H15N3O3. The van der Waals surface area contributed by atoms with Crippen LogP contribution in [0, 0.1) is 0 Å². The molecule has 14 heavy (non-hydrogen) atoms. The van der Waals surface area contributed by atoms with Gasteiger partial charge in [0.15, 0.2) is 5.82 Å². The van der Waals surface area contributed by atoms with Gasteiger partial charge in [-0.15, -0.1) is 0 Å². The van der Waals surface area contributed by atoms with Gasteiger partial charge in [-0.1, -0.05) is 5.16 Å². The van der Waals surface area contributed by atoms with Gasteiger partial charge in [-0.05, 0) is 6.42 Å². The molecule has 0 fully saturated rings. The average Bonchev–Trinajstić information content (AvgIpc) is 2.66. The Morgan fingerprint density at radius 3 is 3.07 bits per heavy atom. The normalized spacial score (nSPS) is 13.1. The summed E-state index contributed by atoms with van der Waals surface area (Å²) in [5.41, 5.74) is 5.49. The summed E-state index contributed by atoms with van der Waals surface area (Å²) in [7, 11) is 1.64. The number of nitrogens with two attached hydrogens (primary N) is 1. The van der Waals surface area contributed by atoms with Crippen LogP contribution >= 0.6 is 0 Å². The molecule has 0 aliphatic carbocycles. The van der Waals surface area contributed by atoms with Gasteiger partial charge >= 0.3 is 0 Å². The second-order valence-corrected chi connectivity index (χ2v) is 2.93. The number of hydrogen-bond donors (Lipinski definition) is 2. The van der Waals surface area contributed by atoms with Gasteiger partial charge in [0.1, 0.15) is 6.04 Å². The van der Waals surface area contributed by atoms with E-state index in [1.165, 1.54) is 0 Å². The third-order valence-electron chi connectivity index (χ3n) is 1.75. The Balaban J connectivity index is 2.42. The van der Waals surface area contributed by atoms with E-state index in [4.69, 9.17) is 20.1 Å². The van der Waals surface area contributed by atoms with Gasteiger partial charge in [-0.2, -0.15) is 4.98 Å². The molecule has 0 saturated carbocycles. The molecule has 0 aliphatic heterocycles. The van der Waals surface area contributed by atoms with E-state index in [1.807, 2.05) is 0 Å². The molecule has 1 atom stereocenters. The number of aromatic nitrogens is 2. The second-order valence-electron chi connectivity index (χ2n) is 2.93. The van der Waals surface area contributed by atoms with Crippen LogP contribution in [0.4, 0.5) is 0 Å². The lowest BCUT2D eigenvalue weighted by Gasteiger charge is -1.98. The molecule has 6 nitrogen and oxygen atoms in total. The van der Waals surface area contributed by atoms with Crippen LogP contribution in [0.3, 0.4) is 0 Å². The number of aliphatic hydroxyl groups excluding tert-OH is 1. The summed E-state index contributed by atoms with van der Waals surface area (Å²) in [5.74, 6) is 0.876. The van der Waals surface area contributed by atoms with Crippen LogP contribution in [0.5, 0.6) is 0 Å². The summed E-state index contributed by atoms with van der Waals surface area (Å²) in [6, 6.07) is -0.585. The number of aryl methyl sites for hydroxylation is 1. The molecule has 3 N–H and O–H groups in total. The van der Waals surface area contributed by atoms with Crippen LogP contribution in [-0.4, -0.2) is 35.6 Å². The SMILES string of the molecule is COCCCc1noc(C(N)CO)n1. The van der Waals surface area contributed by atoms with E-state index in [0.717, 1.165) is 6.42 Å². The summed E-state index contributed by atoms with van der Waals surface area (Å²) in [6.45, 7) is 0.468. The van der Waals surface area contributed by atoms with E-state index in [-0.39, 0.29) is 12.5 Å². The highest BCUT2D eigenvalue weighted by atomic mass is 16.5. The minimum absolute atomic E-state index is 0.195. The van der Waals surface area contributed by atoms with Crippen LogP contribution in [0.1, 0.15) is 24.2 Å². The van der Waals surface area contributed by atoms with Crippen LogP contribution in [0.15, 0.2) is 4.52 Å². The van der Waals surface area contributed by atoms with Crippen molar-refractivity contribution < 1.29 is 14.4 Å². The molecule has 0 radical (unpaired) electrons. The van der Waals surface area contributed by atoms with Crippen LogP contribution in [0.2, 0.25) is 0 Å². The molecule has 1 unspecified atom stereocenters. The maximum absolute atomic E-state index is 8.74. The number of nitrogens with zero attached hydrogens (tertiary/aromatic N) is 2. The molecular weight excluding hydrogens is 186 g/mol. The number of methoxy groups -OCH3 is 1. The molecule has 1 heterocycles. The van der Waals surface area contributed by atoms with Crippen molar-refractivity contribution in [1.82, 2.24) is 10.1 Å². The second kappa shape index (κ2) is 5.69. The standard InChI is InChI=1S/C8H15N3O3/c1-13-4-2-3-7-10-8(14-11-7)6(9)5-12/h6,12H,2-5,9H2,1H3. The van der Waals surface area contributed by atoms with E-state index in [0.29, 0.717) is 18.9 Å². The molecule has 0 bridgehead atoms. The van der Waals surface area contributed by atoms with Gasteiger partial charge < -0.3 is 20.1 Å². The Morgan fingerprint density at radius 1 is 1.64 bits per heavy atom. The first-order valence-electron chi connectivity index (χ1n) is 4.45. The first-order chi connectivity index (χ1) is 6.77. The van der Waals surface area contributed by atoms with Crippen molar-refractivity contribution in [1.29, 1.82) is 0 Å². The smallest absolute Gasteiger partial charge is 0.245 e. The molecule has 0 amide bonds. The van der Waals surface area contributed by atoms with E-state index >= 15 is 0 Å². The molecule has 1 aromatic heterocycles. The Labute approximate surface area is 82.1 Å². The fourth-order valence-corrected chi connectivity index (χ4v) is 0.972. The van der Waals surface area contributed by atoms with Crippen molar-refractivity contribution in [3.8, 4) is 0 Å². The van der Waals surface area contributed by atoms with Gasteiger partial charge in [0, 0.05) is 20.1 Å². The quantitative estimate of drug-likeness (QED) is 0.610. The topological polar surface area (TPSA) is 94.4 Å². The number of ether oxygens (including phenoxy) is 1. The summed E-state index contributed by atoms with van der Waals surface area (Å²) in [6.07, 6.45) is 1.53. The van der Waals surface area contributed by atoms with Crippen molar-refractivity contribution in [2.24, 2.45) is 5.73 Å². The van der Waals surface area contributed by atoms with Crippen LogP contribution < -0.4 is 5.73 Å². The van der Waals surface area contributed by atoms with Gasteiger partial charge in [-0.25, -0.2) is 0 Å². The first-order valence-corrected chi connectivity index (χ1v) is 4.45. The minimum Gasteiger partial charge on any atom is -0.394 e. The van der Waals surface area contributed by atoms with Crippen molar-refractivity contribution in [3.63, 3.8) is 0 Å². The predicted molar refractivity (Wildman–Crippen MR) is 48.5 cm³/mol. The van der Waals surface area contributed by atoms with E-state index in [9.17, 15) is 0 Å². The summed E-state index contributed by atoms with van der Waals surface area (Å²) in [5, 5.41) is 12.5. The molecule has 80 valence electrons. The predicted octanol–water partition coefficient (Wildman–Crippen LogP) is -0.359.